The quantitative estimate of drug-likeness (QED) is 0.592. The Morgan fingerprint density at radius 2 is 1.65 bits per heavy atom. The Balaban J connectivity index is 1.88. The van der Waals surface area contributed by atoms with Gasteiger partial charge in [-0.3, -0.25) is 11.3 Å². The van der Waals surface area contributed by atoms with Crippen molar-refractivity contribution in [1.29, 1.82) is 0 Å². The van der Waals surface area contributed by atoms with Crippen molar-refractivity contribution in [2.75, 3.05) is 0 Å². The zero-order valence-corrected chi connectivity index (χ0v) is 12.2. The molecule has 0 bridgehead atoms. The van der Waals surface area contributed by atoms with Gasteiger partial charge in [0, 0.05) is 6.04 Å². The molecule has 0 radical (unpaired) electrons. The molecule has 3 N–H and O–H groups in total. The molecule has 0 saturated heterocycles. The second-order valence-electron chi connectivity index (χ2n) is 5.19. The van der Waals surface area contributed by atoms with E-state index in [1.54, 1.807) is 0 Å². The summed E-state index contributed by atoms with van der Waals surface area (Å²) in [6.45, 7) is 2.17. The van der Waals surface area contributed by atoms with Crippen molar-refractivity contribution < 1.29 is 0 Å². The van der Waals surface area contributed by atoms with Crippen molar-refractivity contribution >= 4 is 0 Å². The molecule has 0 fully saturated rings. The molecule has 0 aromatic heterocycles. The predicted molar refractivity (Wildman–Crippen MR) is 85.3 cm³/mol. The largest absolute Gasteiger partial charge is 0.271 e. The fourth-order valence-electron chi connectivity index (χ4n) is 2.49. The lowest BCUT2D eigenvalue weighted by Gasteiger charge is -2.16. The maximum atomic E-state index is 5.70. The highest BCUT2D eigenvalue weighted by molar-refractivity contribution is 5.25. The molecule has 1 unspecified atom stereocenters. The summed E-state index contributed by atoms with van der Waals surface area (Å²) in [6, 6.07) is 19.6. The third kappa shape index (κ3) is 4.19. The van der Waals surface area contributed by atoms with Gasteiger partial charge in [-0.05, 0) is 42.4 Å². The minimum Gasteiger partial charge on any atom is -0.271 e. The minimum absolute atomic E-state index is 0.240. The molecular formula is C18H24N2. The van der Waals surface area contributed by atoms with Crippen LogP contribution in [0.5, 0.6) is 0 Å². The lowest BCUT2D eigenvalue weighted by atomic mass is 9.98. The van der Waals surface area contributed by atoms with Gasteiger partial charge in [0.25, 0.3) is 0 Å². The van der Waals surface area contributed by atoms with Crippen LogP contribution in [0.3, 0.4) is 0 Å². The van der Waals surface area contributed by atoms with Crippen molar-refractivity contribution in [3.63, 3.8) is 0 Å². The van der Waals surface area contributed by atoms with E-state index < -0.39 is 0 Å². The van der Waals surface area contributed by atoms with E-state index in [0.717, 1.165) is 25.7 Å². The smallest absolute Gasteiger partial charge is 0.0460 e. The molecule has 0 amide bonds. The first-order chi connectivity index (χ1) is 9.83. The number of nitrogens with one attached hydrogen (secondary N) is 1. The fourth-order valence-corrected chi connectivity index (χ4v) is 2.49. The summed E-state index contributed by atoms with van der Waals surface area (Å²) in [7, 11) is 0. The Morgan fingerprint density at radius 1 is 0.950 bits per heavy atom. The van der Waals surface area contributed by atoms with Crippen LogP contribution in [0.1, 0.15) is 42.5 Å². The molecule has 1 atom stereocenters. The summed E-state index contributed by atoms with van der Waals surface area (Å²) in [6.07, 6.45) is 4.37. The summed E-state index contributed by atoms with van der Waals surface area (Å²) in [5.74, 6) is 5.70. The van der Waals surface area contributed by atoms with Crippen molar-refractivity contribution in [2.24, 2.45) is 5.84 Å². The first-order valence-corrected chi connectivity index (χ1v) is 7.42. The van der Waals surface area contributed by atoms with E-state index in [2.05, 4.69) is 66.9 Å². The molecule has 20 heavy (non-hydrogen) atoms. The molecule has 2 rings (SSSR count). The maximum Gasteiger partial charge on any atom is 0.0460 e. The second-order valence-corrected chi connectivity index (χ2v) is 5.19. The summed E-state index contributed by atoms with van der Waals surface area (Å²) in [5, 5.41) is 0. The molecule has 2 aromatic rings. The lowest BCUT2D eigenvalue weighted by molar-refractivity contribution is 0.498. The van der Waals surface area contributed by atoms with Gasteiger partial charge >= 0.3 is 0 Å². The Kier molecular flexibility index (Phi) is 5.78. The molecule has 2 nitrogen and oxygen atoms in total. The molecule has 2 heteroatoms. The lowest BCUT2D eigenvalue weighted by Crippen LogP contribution is -2.28. The van der Waals surface area contributed by atoms with Crippen LogP contribution in [0.2, 0.25) is 0 Å². The van der Waals surface area contributed by atoms with Crippen molar-refractivity contribution in [1.82, 2.24) is 5.43 Å². The topological polar surface area (TPSA) is 38.0 Å². The molecule has 0 spiro atoms. The number of hydrazine groups is 1. The van der Waals surface area contributed by atoms with Crippen molar-refractivity contribution in [3.8, 4) is 0 Å². The highest BCUT2D eigenvalue weighted by atomic mass is 15.2. The summed E-state index contributed by atoms with van der Waals surface area (Å²) in [4.78, 5) is 0. The van der Waals surface area contributed by atoms with Gasteiger partial charge in [-0.1, -0.05) is 61.5 Å². The Morgan fingerprint density at radius 3 is 2.25 bits per heavy atom. The fraction of sp³-hybridized carbons (Fsp3) is 0.333. The monoisotopic (exact) mass is 268 g/mol. The average Bonchev–Trinajstić information content (AvgIpc) is 2.53. The molecule has 2 aromatic carbocycles. The maximum absolute atomic E-state index is 5.70. The van der Waals surface area contributed by atoms with Gasteiger partial charge in [0.05, 0.1) is 0 Å². The Labute approximate surface area is 122 Å². The number of hydrogen-bond donors (Lipinski definition) is 2. The standard InChI is InChI=1S/C18H24N2/c1-2-15-11-13-17(14-12-15)18(20-19)10-6-9-16-7-4-3-5-8-16/h3-5,7-8,11-14,18,20H,2,6,9-10,19H2,1H3. The normalized spacial score (nSPS) is 12.3. The molecular weight excluding hydrogens is 244 g/mol. The van der Waals surface area contributed by atoms with E-state index in [4.69, 9.17) is 5.84 Å². The average molecular weight is 268 g/mol. The van der Waals surface area contributed by atoms with Crippen LogP contribution in [0.25, 0.3) is 0 Å². The van der Waals surface area contributed by atoms with Crippen LogP contribution in [-0.2, 0) is 12.8 Å². The van der Waals surface area contributed by atoms with Gasteiger partial charge in [-0.25, -0.2) is 0 Å². The second kappa shape index (κ2) is 7.83. The molecule has 0 aliphatic rings. The van der Waals surface area contributed by atoms with Crippen LogP contribution < -0.4 is 11.3 Å². The summed E-state index contributed by atoms with van der Waals surface area (Å²) < 4.78 is 0. The predicted octanol–water partition coefficient (Wildman–Crippen LogP) is 3.78. The molecule has 0 heterocycles. The van der Waals surface area contributed by atoms with E-state index in [1.807, 2.05) is 0 Å². The number of hydrogen-bond acceptors (Lipinski definition) is 2. The molecule has 0 saturated carbocycles. The van der Waals surface area contributed by atoms with Crippen LogP contribution >= 0.6 is 0 Å². The van der Waals surface area contributed by atoms with Crippen molar-refractivity contribution in [3.05, 3.63) is 71.3 Å². The number of nitrogens with two attached hydrogens (primary N) is 1. The zero-order chi connectivity index (χ0) is 14.2. The third-order valence-corrected chi connectivity index (χ3v) is 3.79. The van der Waals surface area contributed by atoms with E-state index >= 15 is 0 Å². The molecule has 106 valence electrons. The van der Waals surface area contributed by atoms with Gasteiger partial charge in [-0.15, -0.1) is 0 Å². The van der Waals surface area contributed by atoms with Crippen LogP contribution in [0.15, 0.2) is 54.6 Å². The first kappa shape index (κ1) is 14.8. The van der Waals surface area contributed by atoms with E-state index in [9.17, 15) is 0 Å². The first-order valence-electron chi connectivity index (χ1n) is 7.42. The molecule has 0 aliphatic carbocycles. The zero-order valence-electron chi connectivity index (χ0n) is 12.2. The van der Waals surface area contributed by atoms with E-state index in [-0.39, 0.29) is 6.04 Å². The van der Waals surface area contributed by atoms with Gasteiger partial charge in [0.2, 0.25) is 0 Å². The van der Waals surface area contributed by atoms with Gasteiger partial charge in [0.1, 0.15) is 0 Å². The highest BCUT2D eigenvalue weighted by Crippen LogP contribution is 2.19. The highest BCUT2D eigenvalue weighted by Gasteiger charge is 2.09. The van der Waals surface area contributed by atoms with Gasteiger partial charge < -0.3 is 0 Å². The number of aryl methyl sites for hydroxylation is 2. The Bertz CT molecular complexity index is 491. The van der Waals surface area contributed by atoms with Gasteiger partial charge in [-0.2, -0.15) is 0 Å². The van der Waals surface area contributed by atoms with E-state index in [0.29, 0.717) is 0 Å². The third-order valence-electron chi connectivity index (χ3n) is 3.79. The SMILES string of the molecule is CCc1ccc(C(CCCc2ccccc2)NN)cc1. The molecule has 0 aliphatic heterocycles. The van der Waals surface area contributed by atoms with Crippen LogP contribution in [-0.4, -0.2) is 0 Å². The van der Waals surface area contributed by atoms with Crippen LogP contribution in [0.4, 0.5) is 0 Å². The number of benzene rings is 2. The van der Waals surface area contributed by atoms with E-state index in [1.165, 1.54) is 16.7 Å². The summed E-state index contributed by atoms with van der Waals surface area (Å²) >= 11 is 0. The Hall–Kier alpha value is -1.64. The number of rotatable bonds is 7. The van der Waals surface area contributed by atoms with Gasteiger partial charge in [0.15, 0.2) is 0 Å². The summed E-state index contributed by atoms with van der Waals surface area (Å²) in [5.41, 5.74) is 6.98. The van der Waals surface area contributed by atoms with Crippen LogP contribution in [0, 0.1) is 0 Å². The van der Waals surface area contributed by atoms with Crippen molar-refractivity contribution in [2.45, 2.75) is 38.6 Å². The minimum atomic E-state index is 0.240.